The van der Waals surface area contributed by atoms with Gasteiger partial charge in [-0.15, -0.1) is 0 Å². The van der Waals surface area contributed by atoms with Crippen molar-refractivity contribution in [2.24, 2.45) is 93.2 Å². The third-order valence-electron chi connectivity index (χ3n) is 10.0. The summed E-state index contributed by atoms with van der Waals surface area (Å²) in [5, 5.41) is 16.1. The fraction of sp³-hybridized carbons (Fsp3) is 0.338. The van der Waals surface area contributed by atoms with E-state index in [1.54, 1.807) is 55.2 Å². The molecule has 0 radical (unpaired) electrons. The summed E-state index contributed by atoms with van der Waals surface area (Å²) in [6.07, 6.45) is 5.62. The molecule has 0 unspecified atom stereocenters. The number of oxime groups is 1. The van der Waals surface area contributed by atoms with Crippen molar-refractivity contribution in [3.8, 4) is 0 Å². The molecule has 0 saturated carbocycles. The Kier molecular flexibility index (Phi) is 87.9. The van der Waals surface area contributed by atoms with E-state index < -0.39 is 0 Å². The number of hydroxylamine groups is 1. The number of aromatic nitrogens is 1. The zero-order chi connectivity index (χ0) is 77.5. The van der Waals surface area contributed by atoms with Crippen LogP contribution in [0.3, 0.4) is 0 Å². The summed E-state index contributed by atoms with van der Waals surface area (Å²) in [5.41, 5.74) is 70.9. The first-order chi connectivity index (χ1) is 46.7. The molecule has 1 saturated heterocycles. The molecule has 0 spiro atoms. The minimum atomic E-state index is -0.0579. The fourth-order valence-electron chi connectivity index (χ4n) is 5.18. The molecule has 6 aromatic rings. The van der Waals surface area contributed by atoms with Gasteiger partial charge < -0.3 is 83.9 Å². The Morgan fingerprint density at radius 1 is 0.592 bits per heavy atom. The lowest BCUT2D eigenvalue weighted by Gasteiger charge is -2.27. The van der Waals surface area contributed by atoms with Gasteiger partial charge in [-0.25, -0.2) is 9.98 Å². The number of rotatable bonds is 7. The van der Waals surface area contributed by atoms with Crippen molar-refractivity contribution >= 4 is 75.0 Å². The summed E-state index contributed by atoms with van der Waals surface area (Å²) in [7, 11) is 9.47. The SMILES string of the molecule is C=C(N)N1CCCCC1.C=C(N)c1ccccc1.C=C(NO)c1ccccc1.CC.CC.CC.CC.CN=C(C)N.CN=C(C)N.CN=C(N)N.CNC(C)=O.CON=C(N)N.NC(N)=Nc1ccccc1.NCc1ccccc1.Nc1nccc2ccccc12.[C-]#[N+]NC(C)=NC. The van der Waals surface area contributed by atoms with Crippen LogP contribution in [0, 0.1) is 6.57 Å². The van der Waals surface area contributed by atoms with Gasteiger partial charge in [-0.2, -0.15) is 11.5 Å². The Labute approximate surface area is 588 Å². The molecule has 98 heavy (non-hydrogen) atoms. The number of benzene rings is 5. The number of carbonyl (C=O) groups is 1. The molecule has 27 heteroatoms. The zero-order valence-electron chi connectivity index (χ0n) is 62.1. The predicted molar refractivity (Wildman–Crippen MR) is 426 cm³/mol. The molecule has 1 aromatic heterocycles. The van der Waals surface area contributed by atoms with Gasteiger partial charge in [0.1, 0.15) is 12.9 Å². The lowest BCUT2D eigenvalue weighted by molar-refractivity contribution is -0.118. The Morgan fingerprint density at radius 2 is 0.980 bits per heavy atom. The average Bonchev–Trinajstić information content (AvgIpc) is 0.865. The largest absolute Gasteiger partial charge is 0.399 e. The predicted octanol–water partition coefficient (Wildman–Crippen LogP) is 9.72. The van der Waals surface area contributed by atoms with E-state index in [4.69, 9.17) is 80.6 Å². The molecule has 1 fully saturated rings. The fourth-order valence-corrected chi connectivity index (χ4v) is 5.18. The number of nitrogens with zero attached hydrogens (tertiary/aromatic N) is 9. The molecule has 0 atom stereocenters. The number of nitrogens with two attached hydrogens (primary N) is 12. The summed E-state index contributed by atoms with van der Waals surface area (Å²) in [6.45, 7) is 42.7. The Morgan fingerprint density at radius 3 is 1.23 bits per heavy atom. The number of nitrogen functional groups attached to an aromatic ring is 1. The average molecular weight is 1360 g/mol. The van der Waals surface area contributed by atoms with E-state index in [-0.39, 0.29) is 23.8 Å². The third kappa shape index (κ3) is 80.7. The number of likely N-dealkylation sites (tertiary alicyclic amines) is 1. The van der Waals surface area contributed by atoms with Crippen LogP contribution in [0.5, 0.6) is 0 Å². The summed E-state index contributed by atoms with van der Waals surface area (Å²) in [5.74, 6) is 3.40. The van der Waals surface area contributed by atoms with Crippen LogP contribution in [-0.2, 0) is 16.2 Å². The summed E-state index contributed by atoms with van der Waals surface area (Å²) < 4.78 is 0. The van der Waals surface area contributed by atoms with Crippen LogP contribution < -0.4 is 85.0 Å². The van der Waals surface area contributed by atoms with Crippen LogP contribution in [0.1, 0.15) is 119 Å². The number of para-hydroxylation sites is 1. The number of hydrogen-bond acceptors (Lipinski definition) is 16. The number of aliphatic imine (C=N–C) groups is 5. The normalized spacial score (nSPS) is 9.62. The smallest absolute Gasteiger partial charge is 0.228 e. The lowest BCUT2D eigenvalue weighted by Crippen LogP contribution is -2.31. The molecule has 0 aliphatic carbocycles. The van der Waals surface area contributed by atoms with Crippen molar-refractivity contribution in [1.82, 2.24) is 26.1 Å². The zero-order valence-corrected chi connectivity index (χ0v) is 62.1. The molecular weight excluding hydrogens is 1240 g/mol. The highest BCUT2D eigenvalue weighted by molar-refractivity contribution is 5.90. The van der Waals surface area contributed by atoms with Gasteiger partial charge in [0.05, 0.1) is 28.9 Å². The third-order valence-corrected chi connectivity index (χ3v) is 10.0. The van der Waals surface area contributed by atoms with Crippen LogP contribution in [0.4, 0.5) is 11.5 Å². The van der Waals surface area contributed by atoms with Gasteiger partial charge in [-0.1, -0.05) is 214 Å². The molecule has 1 aliphatic rings. The van der Waals surface area contributed by atoms with Gasteiger partial charge in [0.25, 0.3) is 0 Å². The molecule has 27 nitrogen and oxygen atoms in total. The van der Waals surface area contributed by atoms with Crippen molar-refractivity contribution in [2.45, 2.75) is 109 Å². The summed E-state index contributed by atoms with van der Waals surface area (Å²) >= 11 is 0. The van der Waals surface area contributed by atoms with Crippen molar-refractivity contribution < 1.29 is 14.8 Å². The highest BCUT2D eigenvalue weighted by Gasteiger charge is 2.08. The van der Waals surface area contributed by atoms with E-state index in [0.717, 1.165) is 46.5 Å². The number of piperidine rings is 1. The van der Waals surface area contributed by atoms with E-state index in [2.05, 4.69) is 80.3 Å². The standard InChI is InChI=1S/C9H8N2.C8H9NO.C8H9N.C7H9N3.C7H14N2.C7H9N.C4H7N3.2C3H8N2.C3H7NO.C2H7N3O.C2H7N3.4C2H6/c10-9-8-4-2-1-3-7(8)5-6-11-9;1-7(9-10)8-5-3-2-4-6-8;1-7(9)8-5-3-2-4-6-8;8-7(9)10-6-4-2-1-3-5-6;1-7(8)9-5-3-2-4-6-9;8-6-7-4-2-1-3-5-7;1-4(5-2)7-6-3;2*1-3(4)5-2;1-3(5)4-2;1-6-5-2(3)4;1-5-2(3)4;4*1-2/h1-6H,(H2,10,11);2-6,9-10H,1H2;2-6H,1,9H2;1-5H,(H4,8,9,10);1-6,8H2;1-5H,6,8H2;1-2H3,(H,5,7);2*1-2H3,(H2,4,5);1-2H3,(H,4,5);1H3,(H4,3,4,5);1H3,(H4,3,4,5);4*1-2H3. The molecule has 5 aromatic carbocycles. The summed E-state index contributed by atoms with van der Waals surface area (Å²) in [4.78, 5) is 40.9. The Balaban J connectivity index is -0.000000126. The second-order valence-corrected chi connectivity index (χ2v) is 17.3. The molecule has 2 heterocycles. The number of hydrogen-bond donors (Lipinski definition) is 16. The molecule has 1 amide bonds. The van der Waals surface area contributed by atoms with E-state index >= 15 is 0 Å². The quantitative estimate of drug-likeness (QED) is 0.0306. The number of amides is 1. The topological polar surface area (TPSA) is 490 Å². The number of pyridine rings is 1. The van der Waals surface area contributed by atoms with Gasteiger partial charge in [0.2, 0.25) is 11.9 Å². The minimum Gasteiger partial charge on any atom is -0.399 e. The van der Waals surface area contributed by atoms with E-state index in [1.807, 2.05) is 213 Å². The van der Waals surface area contributed by atoms with Gasteiger partial charge in [0, 0.05) is 79.1 Å². The highest BCUT2D eigenvalue weighted by Crippen LogP contribution is 2.17. The second-order valence-electron chi connectivity index (χ2n) is 17.3. The molecule has 1 aliphatic heterocycles. The maximum Gasteiger partial charge on any atom is 0.228 e. The number of guanidine groups is 3. The molecular formula is C71H126N24O3. The van der Waals surface area contributed by atoms with Crippen LogP contribution in [0.2, 0.25) is 0 Å². The lowest BCUT2D eigenvalue weighted by atomic mass is 10.1. The van der Waals surface area contributed by atoms with Crippen molar-refractivity contribution in [3.63, 3.8) is 0 Å². The van der Waals surface area contributed by atoms with Crippen LogP contribution in [0.25, 0.3) is 27.1 Å². The first-order valence-electron chi connectivity index (χ1n) is 31.2. The van der Waals surface area contributed by atoms with Crippen molar-refractivity contribution in [3.05, 3.63) is 212 Å². The maximum absolute atomic E-state index is 9.70. The number of amidine groups is 3. The number of anilines is 1. The van der Waals surface area contributed by atoms with Gasteiger partial charge in [-0.3, -0.25) is 35.5 Å². The number of carbonyl (C=O) groups excluding carboxylic acids is 1. The van der Waals surface area contributed by atoms with Crippen LogP contribution in [0.15, 0.2) is 214 Å². The monoisotopic (exact) mass is 1360 g/mol. The Hall–Kier alpha value is -11.4. The van der Waals surface area contributed by atoms with Gasteiger partial charge in [-0.05, 0) is 85.5 Å². The first kappa shape index (κ1) is 105. The maximum atomic E-state index is 9.70. The number of fused-ring (bicyclic) bond motifs is 1. The van der Waals surface area contributed by atoms with Crippen molar-refractivity contribution in [1.29, 1.82) is 0 Å². The number of nitrogens with one attached hydrogen (secondary N) is 3. The van der Waals surface area contributed by atoms with E-state index in [0.29, 0.717) is 41.3 Å². The van der Waals surface area contributed by atoms with Crippen LogP contribution >= 0.6 is 0 Å². The molecule has 28 N–H and O–H groups in total. The van der Waals surface area contributed by atoms with E-state index in [9.17, 15) is 4.79 Å². The summed E-state index contributed by atoms with van der Waals surface area (Å²) in [6, 6.07) is 48.3. The van der Waals surface area contributed by atoms with Gasteiger partial charge >= 0.3 is 0 Å². The second kappa shape index (κ2) is 81.7. The first-order valence-corrected chi connectivity index (χ1v) is 31.2. The highest BCUT2D eigenvalue weighted by atomic mass is 16.6. The Bertz CT molecular complexity index is 2960. The van der Waals surface area contributed by atoms with Crippen LogP contribution in [-0.4, -0.2) is 112 Å². The van der Waals surface area contributed by atoms with E-state index in [1.165, 1.54) is 45.9 Å². The molecule has 548 valence electrons. The van der Waals surface area contributed by atoms with Gasteiger partial charge in [0.15, 0.2) is 17.8 Å². The van der Waals surface area contributed by atoms with Crippen molar-refractivity contribution in [2.75, 3.05) is 61.2 Å². The molecule has 0 bridgehead atoms. The minimum absolute atomic E-state index is 0.00463. The molecule has 7 rings (SSSR count).